The number of rotatable bonds is 15. The number of methoxy groups -OCH3 is 1. The first-order valence-electron chi connectivity index (χ1n) is 16.4. The molecular formula is C36H50N6O5. The van der Waals surface area contributed by atoms with Gasteiger partial charge in [0.1, 0.15) is 11.6 Å². The third-order valence-electron chi connectivity index (χ3n) is 9.23. The third-order valence-corrected chi connectivity index (χ3v) is 9.23. The van der Waals surface area contributed by atoms with Crippen molar-refractivity contribution in [3.05, 3.63) is 59.4 Å². The Kier molecular flexibility index (Phi) is 12.1. The van der Waals surface area contributed by atoms with E-state index >= 15 is 0 Å². The van der Waals surface area contributed by atoms with Gasteiger partial charge in [0.25, 0.3) is 5.91 Å². The number of anilines is 1. The fraction of sp³-hybridized carbons (Fsp3) is 0.556. The van der Waals surface area contributed by atoms with E-state index in [-0.39, 0.29) is 11.7 Å². The second kappa shape index (κ2) is 15.8. The summed E-state index contributed by atoms with van der Waals surface area (Å²) in [7, 11) is 5.58. The monoisotopic (exact) mass is 646 g/mol. The van der Waals surface area contributed by atoms with Crippen LogP contribution in [0.5, 0.6) is 0 Å². The lowest BCUT2D eigenvalue weighted by Gasteiger charge is -2.33. The number of nitrogens with one attached hydrogen (secondary N) is 1. The van der Waals surface area contributed by atoms with Crippen molar-refractivity contribution in [1.82, 2.24) is 20.3 Å². The Hall–Kier alpha value is -3.82. The molecule has 254 valence electrons. The Morgan fingerprint density at radius 2 is 1.94 bits per heavy atom. The van der Waals surface area contributed by atoms with Crippen LogP contribution in [0, 0.1) is 11.3 Å². The number of hydrogen-bond donors (Lipinski definition) is 2. The van der Waals surface area contributed by atoms with Gasteiger partial charge in [-0.1, -0.05) is 37.3 Å². The first-order chi connectivity index (χ1) is 22.4. The Morgan fingerprint density at radius 3 is 2.62 bits per heavy atom. The van der Waals surface area contributed by atoms with Crippen LogP contribution in [0.25, 0.3) is 16.8 Å². The van der Waals surface area contributed by atoms with E-state index in [1.165, 1.54) is 0 Å². The third kappa shape index (κ3) is 9.84. The standard InChI is InChI=1S/C36H50N6O5/c1-8-35(3,38-34(44)28(22-37)17-25-10-11-27-18-30(41(5)6)13-12-26(27)16-25)14-15-46-36(4,9-2)21-29-23-42(40-39-29)24-32-19-31(43)20-33(45-7)47-32/h10-13,16-18,23,31-33,43H,8-9,14-15,19-21,24H2,1-7H3,(H,38,44)/b28-17+/t31-,32-,33-,35?,36?/m0/s1. The van der Waals surface area contributed by atoms with E-state index in [0.717, 1.165) is 34.1 Å². The summed E-state index contributed by atoms with van der Waals surface area (Å²) in [5, 5.41) is 33.9. The van der Waals surface area contributed by atoms with Gasteiger partial charge in [0.2, 0.25) is 0 Å². The van der Waals surface area contributed by atoms with Crippen molar-refractivity contribution in [3.8, 4) is 6.07 Å². The molecule has 11 nitrogen and oxygen atoms in total. The van der Waals surface area contributed by atoms with Crippen molar-refractivity contribution in [3.63, 3.8) is 0 Å². The topological polar surface area (TPSA) is 135 Å². The zero-order valence-corrected chi connectivity index (χ0v) is 28.8. The summed E-state index contributed by atoms with van der Waals surface area (Å²) in [5.74, 6) is -0.402. The quantitative estimate of drug-likeness (QED) is 0.172. The Balaban J connectivity index is 1.33. The number of fused-ring (bicyclic) bond motifs is 1. The number of aliphatic hydroxyl groups is 1. The van der Waals surface area contributed by atoms with E-state index in [0.29, 0.717) is 45.3 Å². The van der Waals surface area contributed by atoms with E-state index in [2.05, 4.69) is 46.5 Å². The molecule has 1 amide bonds. The smallest absolute Gasteiger partial charge is 0.262 e. The van der Waals surface area contributed by atoms with Gasteiger partial charge < -0.3 is 29.5 Å². The highest BCUT2D eigenvalue weighted by molar-refractivity contribution is 6.02. The lowest BCUT2D eigenvalue weighted by atomic mass is 9.93. The average molecular weight is 647 g/mol. The highest BCUT2D eigenvalue weighted by atomic mass is 16.7. The summed E-state index contributed by atoms with van der Waals surface area (Å²) in [5.41, 5.74) is 1.71. The van der Waals surface area contributed by atoms with Crippen molar-refractivity contribution in [2.45, 2.75) is 102 Å². The molecule has 0 saturated carbocycles. The zero-order chi connectivity index (χ0) is 34.2. The number of amides is 1. The van der Waals surface area contributed by atoms with E-state index in [9.17, 15) is 15.2 Å². The molecule has 0 aliphatic carbocycles. The molecule has 47 heavy (non-hydrogen) atoms. The van der Waals surface area contributed by atoms with Gasteiger partial charge in [-0.25, -0.2) is 4.68 Å². The summed E-state index contributed by atoms with van der Waals surface area (Å²) < 4.78 is 19.3. The SMILES string of the molecule is CCC(C)(CCOC(C)(CC)Cc1cn(C[C@@H]2C[C@H](O)C[C@@H](OC)O2)nn1)NC(=O)/C(C#N)=C/c1ccc2cc(N(C)C)ccc2c1. The van der Waals surface area contributed by atoms with Crippen molar-refractivity contribution in [1.29, 1.82) is 5.26 Å². The van der Waals surface area contributed by atoms with Crippen molar-refractivity contribution in [2.75, 3.05) is 32.7 Å². The van der Waals surface area contributed by atoms with Gasteiger partial charge in [0, 0.05) is 64.5 Å². The minimum Gasteiger partial charge on any atom is -0.393 e. The van der Waals surface area contributed by atoms with Gasteiger partial charge in [-0.15, -0.1) is 5.10 Å². The molecule has 5 atom stereocenters. The maximum absolute atomic E-state index is 13.3. The number of nitriles is 1. The molecule has 1 aliphatic rings. The number of carbonyl (C=O) groups excluding carboxylic acids is 1. The average Bonchev–Trinajstić information content (AvgIpc) is 3.48. The van der Waals surface area contributed by atoms with Crippen LogP contribution in [0.1, 0.15) is 71.1 Å². The normalized spacial score (nSPS) is 21.1. The summed E-state index contributed by atoms with van der Waals surface area (Å²) in [6.07, 6.45) is 5.97. The predicted molar refractivity (Wildman–Crippen MR) is 183 cm³/mol. The number of aromatic nitrogens is 3. The maximum atomic E-state index is 13.3. The number of carbonyl (C=O) groups is 1. The van der Waals surface area contributed by atoms with Gasteiger partial charge >= 0.3 is 0 Å². The number of nitrogens with zero attached hydrogens (tertiary/aromatic N) is 5. The molecule has 1 aliphatic heterocycles. The maximum Gasteiger partial charge on any atom is 0.262 e. The molecule has 1 aromatic heterocycles. The molecule has 2 N–H and O–H groups in total. The molecule has 4 rings (SSSR count). The fourth-order valence-corrected chi connectivity index (χ4v) is 5.72. The minimum atomic E-state index is -0.568. The molecule has 1 saturated heterocycles. The molecule has 0 radical (unpaired) electrons. The molecule has 1 fully saturated rings. The number of benzene rings is 2. The van der Waals surface area contributed by atoms with Crippen molar-refractivity contribution < 1.29 is 24.1 Å². The molecular weight excluding hydrogens is 596 g/mol. The zero-order valence-electron chi connectivity index (χ0n) is 28.8. The van der Waals surface area contributed by atoms with Crippen LogP contribution < -0.4 is 10.2 Å². The molecule has 2 unspecified atom stereocenters. The summed E-state index contributed by atoms with van der Waals surface area (Å²) in [6.45, 7) is 9.02. The minimum absolute atomic E-state index is 0.0576. The molecule has 2 aromatic carbocycles. The summed E-state index contributed by atoms with van der Waals surface area (Å²) >= 11 is 0. The fourth-order valence-electron chi connectivity index (χ4n) is 5.72. The van der Waals surface area contributed by atoms with Gasteiger partial charge in [-0.3, -0.25) is 4.79 Å². The highest BCUT2D eigenvalue weighted by Crippen LogP contribution is 2.26. The number of aliphatic hydroxyl groups excluding tert-OH is 1. The van der Waals surface area contributed by atoms with E-state index in [1.54, 1.807) is 17.9 Å². The van der Waals surface area contributed by atoms with Gasteiger partial charge in [0.15, 0.2) is 6.29 Å². The molecule has 3 aromatic rings. The first-order valence-corrected chi connectivity index (χ1v) is 16.4. The molecule has 0 spiro atoms. The van der Waals surface area contributed by atoms with Gasteiger partial charge in [0.05, 0.1) is 30.0 Å². The lowest BCUT2D eigenvalue weighted by Crippen LogP contribution is -2.47. The lowest BCUT2D eigenvalue weighted by molar-refractivity contribution is -0.206. The van der Waals surface area contributed by atoms with Crippen molar-refractivity contribution >= 4 is 28.4 Å². The first kappa shape index (κ1) is 36.0. The van der Waals surface area contributed by atoms with Gasteiger partial charge in [-0.05, 0) is 73.7 Å². The number of hydrogen-bond acceptors (Lipinski definition) is 9. The summed E-state index contributed by atoms with van der Waals surface area (Å²) in [4.78, 5) is 15.3. The molecule has 0 bridgehead atoms. The molecule has 2 heterocycles. The predicted octanol–water partition coefficient (Wildman–Crippen LogP) is 5.02. The Bertz CT molecular complexity index is 1580. The molecule has 11 heteroatoms. The van der Waals surface area contributed by atoms with Crippen LogP contribution in [0.15, 0.2) is 48.2 Å². The van der Waals surface area contributed by atoms with E-state index in [4.69, 9.17) is 14.2 Å². The summed E-state index contributed by atoms with van der Waals surface area (Å²) in [6, 6.07) is 14.2. The van der Waals surface area contributed by atoms with Crippen LogP contribution in [0.2, 0.25) is 0 Å². The van der Waals surface area contributed by atoms with Crippen LogP contribution in [-0.4, -0.2) is 83.5 Å². The Labute approximate surface area is 278 Å². The van der Waals surface area contributed by atoms with Crippen LogP contribution in [0.3, 0.4) is 0 Å². The van der Waals surface area contributed by atoms with Crippen molar-refractivity contribution in [2.24, 2.45) is 0 Å². The van der Waals surface area contributed by atoms with Gasteiger partial charge in [-0.2, -0.15) is 5.26 Å². The van der Waals surface area contributed by atoms with Crippen LogP contribution in [-0.2, 0) is 32.0 Å². The highest BCUT2D eigenvalue weighted by Gasteiger charge is 2.31. The van der Waals surface area contributed by atoms with Crippen LogP contribution in [0.4, 0.5) is 5.69 Å². The second-order valence-electron chi connectivity index (χ2n) is 13.3. The largest absolute Gasteiger partial charge is 0.393 e. The van der Waals surface area contributed by atoms with E-state index in [1.807, 2.05) is 64.5 Å². The number of ether oxygens (including phenoxy) is 3. The Morgan fingerprint density at radius 1 is 1.19 bits per heavy atom. The van der Waals surface area contributed by atoms with E-state index < -0.39 is 29.4 Å². The second-order valence-corrected chi connectivity index (χ2v) is 13.3. The van der Waals surface area contributed by atoms with Crippen LogP contribution >= 0.6 is 0 Å².